The zero-order chi connectivity index (χ0) is 19.2. The summed E-state index contributed by atoms with van der Waals surface area (Å²) in [4.78, 5) is 17.2. The summed E-state index contributed by atoms with van der Waals surface area (Å²) in [6.45, 7) is 4.91. The van der Waals surface area contributed by atoms with E-state index in [2.05, 4.69) is 10.1 Å². The molecule has 0 bridgehead atoms. The summed E-state index contributed by atoms with van der Waals surface area (Å²) in [5.41, 5.74) is -0.261. The highest BCUT2D eigenvalue weighted by Crippen LogP contribution is 2.35. The van der Waals surface area contributed by atoms with Crippen molar-refractivity contribution < 1.29 is 13.2 Å². The van der Waals surface area contributed by atoms with E-state index in [1.54, 1.807) is 13.8 Å². The van der Waals surface area contributed by atoms with Gasteiger partial charge in [0.25, 0.3) is 5.56 Å². The number of fused-ring (bicyclic) bond motifs is 1. The van der Waals surface area contributed by atoms with Crippen molar-refractivity contribution >= 4 is 5.65 Å². The summed E-state index contributed by atoms with van der Waals surface area (Å²) in [5.74, 6) is -0.272. The first-order valence-corrected chi connectivity index (χ1v) is 7.87. The highest BCUT2D eigenvalue weighted by atomic mass is 19.4. The second-order valence-corrected chi connectivity index (χ2v) is 6.32. The Hall–Kier alpha value is -3.08. The maximum Gasteiger partial charge on any atom is 0.416 e. The molecule has 0 saturated carbocycles. The van der Waals surface area contributed by atoms with Crippen molar-refractivity contribution in [1.82, 2.24) is 14.6 Å². The number of hydrogen-bond donors (Lipinski definition) is 1. The number of rotatable bonds is 2. The molecule has 0 aliphatic carbocycles. The van der Waals surface area contributed by atoms with Crippen LogP contribution in [0.1, 0.15) is 42.0 Å². The van der Waals surface area contributed by atoms with E-state index >= 15 is 0 Å². The maximum absolute atomic E-state index is 13.3. The Labute approximate surface area is 146 Å². The third kappa shape index (κ3) is 2.75. The van der Waals surface area contributed by atoms with Crippen LogP contribution in [0.5, 0.6) is 0 Å². The van der Waals surface area contributed by atoms with Crippen LogP contribution in [0.4, 0.5) is 13.2 Å². The summed E-state index contributed by atoms with van der Waals surface area (Å²) in [7, 11) is 0. The van der Waals surface area contributed by atoms with Crippen molar-refractivity contribution in [2.75, 3.05) is 0 Å². The van der Waals surface area contributed by atoms with Crippen molar-refractivity contribution in [3.05, 3.63) is 57.0 Å². The molecule has 0 unspecified atom stereocenters. The molecule has 0 aliphatic heterocycles. The lowest BCUT2D eigenvalue weighted by Gasteiger charge is -2.15. The molecule has 2 heterocycles. The Morgan fingerprint density at radius 3 is 2.58 bits per heavy atom. The Morgan fingerprint density at radius 2 is 2.00 bits per heavy atom. The highest BCUT2D eigenvalue weighted by Gasteiger charge is 2.33. The molecule has 0 atom stereocenters. The van der Waals surface area contributed by atoms with Crippen molar-refractivity contribution in [3.8, 4) is 17.3 Å². The molecule has 1 aromatic carbocycles. The molecule has 0 spiro atoms. The van der Waals surface area contributed by atoms with Crippen molar-refractivity contribution in [2.24, 2.45) is 0 Å². The van der Waals surface area contributed by atoms with Crippen LogP contribution in [0.2, 0.25) is 0 Å². The number of alkyl halides is 3. The van der Waals surface area contributed by atoms with Gasteiger partial charge in [0.2, 0.25) is 0 Å². The molecule has 0 saturated heterocycles. The fraction of sp³-hybridized carbons (Fsp3) is 0.278. The molecule has 2 aromatic heterocycles. The first-order chi connectivity index (χ1) is 12.1. The van der Waals surface area contributed by atoms with Gasteiger partial charge >= 0.3 is 6.18 Å². The lowest BCUT2D eigenvalue weighted by Crippen LogP contribution is -2.22. The smallest absolute Gasteiger partial charge is 0.295 e. The molecule has 0 radical (unpaired) electrons. The molecule has 0 amide bonds. The van der Waals surface area contributed by atoms with E-state index in [0.29, 0.717) is 0 Å². The average Bonchev–Trinajstić information content (AvgIpc) is 2.97. The Bertz CT molecular complexity index is 1100. The minimum absolute atomic E-state index is 0.0875. The van der Waals surface area contributed by atoms with Crippen LogP contribution in [0.15, 0.2) is 29.2 Å². The van der Waals surface area contributed by atoms with Crippen LogP contribution in [0.3, 0.4) is 0 Å². The monoisotopic (exact) mass is 360 g/mol. The predicted molar refractivity (Wildman–Crippen MR) is 89.8 cm³/mol. The third-order valence-electron chi connectivity index (χ3n) is 4.21. The minimum Gasteiger partial charge on any atom is -0.295 e. The summed E-state index contributed by atoms with van der Waals surface area (Å²) in [5, 5.41) is 11.8. The number of nitrogens with one attached hydrogen (secondary N) is 1. The molecule has 134 valence electrons. The summed E-state index contributed by atoms with van der Waals surface area (Å²) >= 11 is 0. The van der Waals surface area contributed by atoms with E-state index in [9.17, 15) is 18.0 Å². The van der Waals surface area contributed by atoms with Gasteiger partial charge in [0, 0.05) is 17.3 Å². The van der Waals surface area contributed by atoms with E-state index < -0.39 is 17.3 Å². The Balaban J connectivity index is 2.40. The summed E-state index contributed by atoms with van der Waals surface area (Å²) < 4.78 is 40.9. The van der Waals surface area contributed by atoms with Crippen LogP contribution >= 0.6 is 0 Å². The molecular formula is C18H15F3N4O. The number of aromatic amines is 1. The van der Waals surface area contributed by atoms with Crippen LogP contribution < -0.4 is 5.56 Å². The average molecular weight is 360 g/mol. The van der Waals surface area contributed by atoms with Gasteiger partial charge in [0.15, 0.2) is 5.65 Å². The van der Waals surface area contributed by atoms with Crippen LogP contribution in [0, 0.1) is 18.3 Å². The third-order valence-corrected chi connectivity index (χ3v) is 4.21. The standard InChI is InChI=1S/C18H15F3N4O/c1-9(2)14-15(11-5-4-10(3)13(6-11)18(19,20)21)24-16-12(7-22)8-23-25(16)17(14)26/h4-6,8-9,23H,1-3H3. The normalized spacial score (nSPS) is 11.9. The molecule has 0 aliphatic rings. The molecule has 0 fully saturated rings. The fourth-order valence-electron chi connectivity index (χ4n) is 2.93. The van der Waals surface area contributed by atoms with Gasteiger partial charge in [-0.2, -0.15) is 18.4 Å². The molecule has 1 N–H and O–H groups in total. The van der Waals surface area contributed by atoms with Gasteiger partial charge in [0.05, 0.1) is 11.3 Å². The number of hydrogen-bond acceptors (Lipinski definition) is 3. The number of H-pyrrole nitrogens is 1. The first kappa shape index (κ1) is 17.7. The molecule has 3 aromatic rings. The van der Waals surface area contributed by atoms with Crippen molar-refractivity contribution in [2.45, 2.75) is 32.9 Å². The predicted octanol–water partition coefficient (Wildman–Crippen LogP) is 4.01. The number of nitriles is 1. The van der Waals surface area contributed by atoms with Crippen LogP contribution in [-0.2, 0) is 6.18 Å². The number of halogens is 3. The number of nitrogens with zero attached hydrogens (tertiary/aromatic N) is 3. The fourth-order valence-corrected chi connectivity index (χ4v) is 2.93. The lowest BCUT2D eigenvalue weighted by molar-refractivity contribution is -0.138. The molecule has 26 heavy (non-hydrogen) atoms. The van der Waals surface area contributed by atoms with E-state index in [-0.39, 0.29) is 39.5 Å². The number of benzene rings is 1. The van der Waals surface area contributed by atoms with Gasteiger partial charge < -0.3 is 0 Å². The van der Waals surface area contributed by atoms with Gasteiger partial charge in [-0.25, -0.2) is 9.50 Å². The van der Waals surface area contributed by atoms with Gasteiger partial charge in [0.1, 0.15) is 11.6 Å². The van der Waals surface area contributed by atoms with E-state index in [1.807, 2.05) is 6.07 Å². The highest BCUT2D eigenvalue weighted by molar-refractivity contribution is 5.69. The zero-order valence-electron chi connectivity index (χ0n) is 14.3. The first-order valence-electron chi connectivity index (χ1n) is 7.87. The summed E-state index contributed by atoms with van der Waals surface area (Å²) in [6, 6.07) is 5.78. The lowest BCUT2D eigenvalue weighted by atomic mass is 9.95. The van der Waals surface area contributed by atoms with Gasteiger partial charge in [-0.15, -0.1) is 0 Å². The molecule has 5 nitrogen and oxygen atoms in total. The molecule has 8 heteroatoms. The Kier molecular flexibility index (Phi) is 4.11. The second-order valence-electron chi connectivity index (χ2n) is 6.32. The topological polar surface area (TPSA) is 73.9 Å². The van der Waals surface area contributed by atoms with E-state index in [1.165, 1.54) is 25.3 Å². The molecular weight excluding hydrogens is 345 g/mol. The van der Waals surface area contributed by atoms with E-state index in [0.717, 1.165) is 10.6 Å². The van der Waals surface area contributed by atoms with Crippen molar-refractivity contribution in [1.29, 1.82) is 5.26 Å². The van der Waals surface area contributed by atoms with Crippen LogP contribution in [-0.4, -0.2) is 14.6 Å². The van der Waals surface area contributed by atoms with E-state index in [4.69, 9.17) is 5.26 Å². The quantitative estimate of drug-likeness (QED) is 0.750. The number of aromatic nitrogens is 3. The summed E-state index contributed by atoms with van der Waals surface area (Å²) in [6.07, 6.45) is -3.17. The van der Waals surface area contributed by atoms with Crippen molar-refractivity contribution in [3.63, 3.8) is 0 Å². The SMILES string of the molecule is Cc1ccc(-c2nc3c(C#N)c[nH]n3c(=O)c2C(C)C)cc1C(F)(F)F. The molecule has 3 rings (SSSR count). The number of aryl methyl sites for hydroxylation is 1. The maximum atomic E-state index is 13.3. The Morgan fingerprint density at radius 1 is 1.31 bits per heavy atom. The van der Waals surface area contributed by atoms with Gasteiger partial charge in [-0.05, 0) is 24.5 Å². The van der Waals surface area contributed by atoms with Gasteiger partial charge in [-0.1, -0.05) is 26.0 Å². The van der Waals surface area contributed by atoms with Gasteiger partial charge in [-0.3, -0.25) is 9.89 Å². The van der Waals surface area contributed by atoms with Crippen LogP contribution in [0.25, 0.3) is 16.9 Å². The largest absolute Gasteiger partial charge is 0.416 e. The minimum atomic E-state index is -4.51. The second kappa shape index (κ2) is 6.02. The zero-order valence-corrected chi connectivity index (χ0v) is 14.3.